The molecule has 0 bridgehead atoms. The van der Waals surface area contributed by atoms with Crippen LogP contribution in [0, 0.1) is 5.82 Å². The van der Waals surface area contributed by atoms with Crippen molar-refractivity contribution in [2.24, 2.45) is 9.98 Å². The van der Waals surface area contributed by atoms with Gasteiger partial charge in [0.1, 0.15) is 5.82 Å². The molecule has 2 aromatic carbocycles. The fourth-order valence-electron chi connectivity index (χ4n) is 4.85. The van der Waals surface area contributed by atoms with E-state index in [1.54, 1.807) is 6.07 Å². The van der Waals surface area contributed by atoms with Crippen molar-refractivity contribution in [1.82, 2.24) is 14.7 Å². The lowest BCUT2D eigenvalue weighted by molar-refractivity contribution is 0.279. The number of halogens is 1. The van der Waals surface area contributed by atoms with Gasteiger partial charge in [-0.2, -0.15) is 4.99 Å². The SMILES string of the molecule is CCCCc1ccc(C2N=C(N(CC)CC)N=C(N3CCN(c4ccccc4F)CC3)N2C)cc1. The Labute approximate surface area is 209 Å². The molecule has 1 saturated heterocycles. The van der Waals surface area contributed by atoms with Gasteiger partial charge in [-0.1, -0.05) is 49.7 Å². The van der Waals surface area contributed by atoms with Crippen LogP contribution in [0.5, 0.6) is 0 Å². The molecule has 188 valence electrons. The van der Waals surface area contributed by atoms with Crippen LogP contribution in [0.15, 0.2) is 58.5 Å². The number of piperazine rings is 1. The number of hydrogen-bond donors (Lipinski definition) is 0. The number of aryl methyl sites for hydroxylation is 1. The molecule has 2 aromatic rings. The molecule has 0 N–H and O–H groups in total. The maximum atomic E-state index is 14.3. The Morgan fingerprint density at radius 3 is 2.20 bits per heavy atom. The van der Waals surface area contributed by atoms with Gasteiger partial charge < -0.3 is 19.6 Å². The van der Waals surface area contributed by atoms with Gasteiger partial charge in [0.2, 0.25) is 11.9 Å². The van der Waals surface area contributed by atoms with E-state index in [9.17, 15) is 4.39 Å². The van der Waals surface area contributed by atoms with Crippen LogP contribution in [0.25, 0.3) is 0 Å². The van der Waals surface area contributed by atoms with Crippen molar-refractivity contribution in [3.8, 4) is 0 Å². The molecule has 6 nitrogen and oxygen atoms in total. The molecule has 7 heteroatoms. The first-order valence-electron chi connectivity index (χ1n) is 13.0. The summed E-state index contributed by atoms with van der Waals surface area (Å²) in [5.41, 5.74) is 3.23. The first kappa shape index (κ1) is 25.0. The number of para-hydroxylation sites is 1. The van der Waals surface area contributed by atoms with Crippen LogP contribution in [0.2, 0.25) is 0 Å². The predicted octanol–water partition coefficient (Wildman–Crippen LogP) is 4.99. The zero-order valence-corrected chi connectivity index (χ0v) is 21.6. The second-order valence-corrected chi connectivity index (χ2v) is 9.27. The average molecular weight is 479 g/mol. The van der Waals surface area contributed by atoms with Gasteiger partial charge in [0.15, 0.2) is 6.17 Å². The Bertz CT molecular complexity index is 1020. The number of anilines is 1. The van der Waals surface area contributed by atoms with Gasteiger partial charge in [-0.25, -0.2) is 9.38 Å². The van der Waals surface area contributed by atoms with Crippen LogP contribution in [0.1, 0.15) is 50.9 Å². The molecule has 2 aliphatic rings. The van der Waals surface area contributed by atoms with Crippen molar-refractivity contribution in [3.63, 3.8) is 0 Å². The summed E-state index contributed by atoms with van der Waals surface area (Å²) in [5.74, 6) is 1.57. The molecule has 0 aromatic heterocycles. The zero-order valence-electron chi connectivity index (χ0n) is 21.6. The molecular weight excluding hydrogens is 439 g/mol. The lowest BCUT2D eigenvalue weighted by Gasteiger charge is -2.43. The summed E-state index contributed by atoms with van der Waals surface area (Å²) < 4.78 is 14.3. The van der Waals surface area contributed by atoms with E-state index in [1.807, 2.05) is 12.1 Å². The minimum Gasteiger partial charge on any atom is -0.366 e. The Morgan fingerprint density at radius 2 is 1.57 bits per heavy atom. The Kier molecular flexibility index (Phi) is 8.26. The Balaban J connectivity index is 1.55. The monoisotopic (exact) mass is 478 g/mol. The van der Waals surface area contributed by atoms with Crippen LogP contribution in [0.3, 0.4) is 0 Å². The lowest BCUT2D eigenvalue weighted by Crippen LogP contribution is -2.55. The zero-order chi connectivity index (χ0) is 24.8. The summed E-state index contributed by atoms with van der Waals surface area (Å²) in [6, 6.07) is 15.9. The normalized spacial score (nSPS) is 18.4. The van der Waals surface area contributed by atoms with E-state index < -0.39 is 0 Å². The fraction of sp³-hybridized carbons (Fsp3) is 0.500. The van der Waals surface area contributed by atoms with E-state index in [0.717, 1.165) is 57.6 Å². The third kappa shape index (κ3) is 5.60. The molecule has 0 aliphatic carbocycles. The van der Waals surface area contributed by atoms with Gasteiger partial charge in [0.05, 0.1) is 5.69 Å². The van der Waals surface area contributed by atoms with Gasteiger partial charge in [-0.05, 0) is 49.9 Å². The summed E-state index contributed by atoms with van der Waals surface area (Å²) in [7, 11) is 2.08. The smallest absolute Gasteiger partial charge is 0.226 e. The van der Waals surface area contributed by atoms with Gasteiger partial charge >= 0.3 is 0 Å². The maximum absolute atomic E-state index is 14.3. The maximum Gasteiger partial charge on any atom is 0.226 e. The summed E-state index contributed by atoms with van der Waals surface area (Å²) in [6.07, 6.45) is 3.41. The van der Waals surface area contributed by atoms with Gasteiger partial charge in [-0.15, -0.1) is 0 Å². The summed E-state index contributed by atoms with van der Waals surface area (Å²) >= 11 is 0. The molecule has 2 heterocycles. The number of guanidine groups is 2. The van der Waals surface area contributed by atoms with Crippen molar-refractivity contribution in [2.45, 2.75) is 46.2 Å². The van der Waals surface area contributed by atoms with E-state index in [2.05, 4.69) is 71.7 Å². The van der Waals surface area contributed by atoms with Gasteiger partial charge in [-0.3, -0.25) is 0 Å². The van der Waals surface area contributed by atoms with Crippen molar-refractivity contribution in [2.75, 3.05) is 51.2 Å². The van der Waals surface area contributed by atoms with Crippen molar-refractivity contribution >= 4 is 17.6 Å². The first-order chi connectivity index (χ1) is 17.0. The highest BCUT2D eigenvalue weighted by Crippen LogP contribution is 2.28. The van der Waals surface area contributed by atoms with Gasteiger partial charge in [0.25, 0.3) is 0 Å². The second kappa shape index (κ2) is 11.6. The minimum atomic E-state index is -0.161. The van der Waals surface area contributed by atoms with Crippen molar-refractivity contribution in [1.29, 1.82) is 0 Å². The van der Waals surface area contributed by atoms with Gasteiger partial charge in [0, 0.05) is 46.3 Å². The molecule has 4 rings (SSSR count). The number of nitrogens with zero attached hydrogens (tertiary/aromatic N) is 6. The van der Waals surface area contributed by atoms with E-state index in [1.165, 1.54) is 30.0 Å². The largest absolute Gasteiger partial charge is 0.366 e. The first-order valence-corrected chi connectivity index (χ1v) is 13.0. The standard InChI is InChI=1S/C28H39FN6/c1-5-8-11-22-14-16-23(17-15-22)26-30-27(33(6-2)7-3)31-28(32(26)4)35-20-18-34(19-21-35)25-13-10-9-12-24(25)29/h9-10,12-17,26H,5-8,11,18-21H2,1-4H3. The summed E-state index contributed by atoms with van der Waals surface area (Å²) in [4.78, 5) is 19.0. The van der Waals surface area contributed by atoms with E-state index in [0.29, 0.717) is 5.69 Å². The molecule has 0 amide bonds. The van der Waals surface area contributed by atoms with E-state index in [-0.39, 0.29) is 12.0 Å². The van der Waals surface area contributed by atoms with Crippen LogP contribution in [-0.4, -0.2) is 72.9 Å². The highest BCUT2D eigenvalue weighted by molar-refractivity contribution is 5.97. The average Bonchev–Trinajstić information content (AvgIpc) is 2.90. The summed E-state index contributed by atoms with van der Waals surface area (Å²) in [5, 5.41) is 0. The van der Waals surface area contributed by atoms with E-state index in [4.69, 9.17) is 9.98 Å². The molecule has 1 fully saturated rings. The Morgan fingerprint density at radius 1 is 0.914 bits per heavy atom. The van der Waals surface area contributed by atoms with Crippen molar-refractivity contribution < 1.29 is 4.39 Å². The molecular formula is C28H39FN6. The minimum absolute atomic E-state index is 0.122. The van der Waals surface area contributed by atoms with Crippen LogP contribution >= 0.6 is 0 Å². The van der Waals surface area contributed by atoms with Crippen LogP contribution < -0.4 is 4.90 Å². The Hall–Kier alpha value is -3.09. The highest BCUT2D eigenvalue weighted by Gasteiger charge is 2.32. The third-order valence-corrected chi connectivity index (χ3v) is 7.02. The van der Waals surface area contributed by atoms with E-state index >= 15 is 0 Å². The lowest BCUT2D eigenvalue weighted by atomic mass is 10.0. The topological polar surface area (TPSA) is 37.7 Å². The molecule has 0 radical (unpaired) electrons. The molecule has 1 unspecified atom stereocenters. The van der Waals surface area contributed by atoms with Crippen LogP contribution in [-0.2, 0) is 6.42 Å². The molecule has 1 atom stereocenters. The number of unbranched alkanes of at least 4 members (excludes halogenated alkanes) is 1. The molecule has 35 heavy (non-hydrogen) atoms. The molecule has 0 spiro atoms. The number of hydrogen-bond acceptors (Lipinski definition) is 6. The highest BCUT2D eigenvalue weighted by atomic mass is 19.1. The molecule has 2 aliphatic heterocycles. The number of aliphatic imine (C=N–C) groups is 2. The third-order valence-electron chi connectivity index (χ3n) is 7.02. The van der Waals surface area contributed by atoms with Crippen LogP contribution in [0.4, 0.5) is 10.1 Å². The summed E-state index contributed by atoms with van der Waals surface area (Å²) in [6.45, 7) is 11.3. The second-order valence-electron chi connectivity index (χ2n) is 9.27. The molecule has 0 saturated carbocycles. The van der Waals surface area contributed by atoms with Crippen molar-refractivity contribution in [3.05, 3.63) is 65.5 Å². The predicted molar refractivity (Wildman–Crippen MR) is 144 cm³/mol. The fourth-order valence-corrected chi connectivity index (χ4v) is 4.85. The number of rotatable bonds is 7. The quantitative estimate of drug-likeness (QED) is 0.562. The number of benzene rings is 2.